The monoisotopic (exact) mass is 452 g/mol. The van der Waals surface area contributed by atoms with Crippen LogP contribution in [0.4, 0.5) is 0 Å². The molecule has 2 aliphatic rings. The van der Waals surface area contributed by atoms with Crippen molar-refractivity contribution >= 4 is 31.9 Å². The molecule has 124 valence electrons. The third-order valence-electron chi connectivity index (χ3n) is 3.68. The second-order valence-corrected chi connectivity index (χ2v) is 6.99. The highest BCUT2D eigenvalue weighted by Gasteiger charge is 2.18. The van der Waals surface area contributed by atoms with Gasteiger partial charge in [-0.3, -0.25) is 5.41 Å². The Balaban J connectivity index is 2.16. The van der Waals surface area contributed by atoms with Crippen LogP contribution >= 0.6 is 31.9 Å². The molecular weight excluding hydrogens is 440 g/mol. The Morgan fingerprint density at radius 2 is 1.92 bits per heavy atom. The number of ether oxygens (including phenoxy) is 1. The van der Waals surface area contributed by atoms with Crippen LogP contribution in [0.15, 0.2) is 33.3 Å². The molecule has 2 aliphatic heterocycles. The van der Waals surface area contributed by atoms with Crippen molar-refractivity contribution in [1.82, 2.24) is 14.5 Å². The van der Waals surface area contributed by atoms with E-state index < -0.39 is 0 Å². The smallest absolute Gasteiger partial charge is 0.243 e. The third kappa shape index (κ3) is 3.03. The molecule has 0 spiro atoms. The highest BCUT2D eigenvalue weighted by molar-refractivity contribution is 9.11. The van der Waals surface area contributed by atoms with Crippen LogP contribution in [0.1, 0.15) is 11.1 Å². The molecule has 0 saturated carbocycles. The summed E-state index contributed by atoms with van der Waals surface area (Å²) in [6.45, 7) is 0. The third-order valence-corrected chi connectivity index (χ3v) is 4.85. The second kappa shape index (κ2) is 6.52. The lowest BCUT2D eigenvalue weighted by atomic mass is 10.0. The lowest BCUT2D eigenvalue weighted by Gasteiger charge is -2.11. The standard InChI is InChI=1S/C16H14Br2N4O2/c1-22-4-3-12-13(21-16(19)20-12)9(15(22)23)5-8-6-10(17)14(24-2)11(18)7-8/h3-4,6-7,19,23H,5H2,1-2H3. The van der Waals surface area contributed by atoms with Gasteiger partial charge in [0.25, 0.3) is 0 Å². The topological polar surface area (TPSA) is 84.0 Å². The molecule has 0 fully saturated rings. The van der Waals surface area contributed by atoms with E-state index in [2.05, 4.69) is 41.8 Å². The highest BCUT2D eigenvalue weighted by atomic mass is 79.9. The number of aryl methyl sites for hydroxylation is 1. The molecule has 0 amide bonds. The first-order chi connectivity index (χ1) is 11.4. The number of fused-ring (bicyclic) bond motifs is 1. The summed E-state index contributed by atoms with van der Waals surface area (Å²) in [7, 11) is 3.35. The maximum Gasteiger partial charge on any atom is 0.243 e. The number of hydrogen-bond acceptors (Lipinski definition) is 5. The van der Waals surface area contributed by atoms with Crippen LogP contribution in [0.3, 0.4) is 0 Å². The summed E-state index contributed by atoms with van der Waals surface area (Å²) < 4.78 is 8.54. The van der Waals surface area contributed by atoms with E-state index in [1.54, 1.807) is 31.0 Å². The van der Waals surface area contributed by atoms with Crippen molar-refractivity contribution in [3.63, 3.8) is 0 Å². The molecule has 24 heavy (non-hydrogen) atoms. The van der Waals surface area contributed by atoms with Gasteiger partial charge in [0.15, 0.2) is 5.88 Å². The zero-order valence-electron chi connectivity index (χ0n) is 13.0. The highest BCUT2D eigenvalue weighted by Crippen LogP contribution is 2.36. The fourth-order valence-electron chi connectivity index (χ4n) is 2.54. The number of hydrogen-bond donors (Lipinski definition) is 2. The maximum absolute atomic E-state index is 10.6. The molecule has 2 N–H and O–H groups in total. The molecule has 2 heterocycles. The Morgan fingerprint density at radius 1 is 1.25 bits per heavy atom. The van der Waals surface area contributed by atoms with E-state index >= 15 is 0 Å². The van der Waals surface area contributed by atoms with Gasteiger partial charge in [-0.05, 0) is 55.6 Å². The van der Waals surface area contributed by atoms with Crippen LogP contribution in [0.2, 0.25) is 0 Å². The Morgan fingerprint density at radius 3 is 2.54 bits per heavy atom. The summed E-state index contributed by atoms with van der Waals surface area (Å²) >= 11 is 6.97. The minimum Gasteiger partial charge on any atom is -0.494 e. The molecule has 3 rings (SSSR count). The zero-order valence-corrected chi connectivity index (χ0v) is 16.1. The van der Waals surface area contributed by atoms with Crippen LogP contribution in [0, 0.1) is 5.41 Å². The average Bonchev–Trinajstić information content (AvgIpc) is 2.85. The first-order valence-corrected chi connectivity index (χ1v) is 8.61. The number of methoxy groups -OCH3 is 1. The van der Waals surface area contributed by atoms with E-state index in [0.29, 0.717) is 29.1 Å². The number of imidazole rings is 1. The first kappa shape index (κ1) is 16.9. The fraction of sp³-hybridized carbons (Fsp3) is 0.188. The van der Waals surface area contributed by atoms with Gasteiger partial charge in [-0.15, -0.1) is 0 Å². The lowest BCUT2D eigenvalue weighted by molar-refractivity contribution is 0.409. The second-order valence-electron chi connectivity index (χ2n) is 5.28. The van der Waals surface area contributed by atoms with Crippen molar-refractivity contribution in [2.45, 2.75) is 6.42 Å². The van der Waals surface area contributed by atoms with Crippen molar-refractivity contribution in [1.29, 1.82) is 5.41 Å². The van der Waals surface area contributed by atoms with Crippen molar-refractivity contribution in [3.8, 4) is 23.0 Å². The average molecular weight is 454 g/mol. The quantitative estimate of drug-likeness (QED) is 0.637. The predicted molar refractivity (Wildman–Crippen MR) is 96.3 cm³/mol. The van der Waals surface area contributed by atoms with Gasteiger partial charge in [0.05, 0.1) is 21.7 Å². The van der Waals surface area contributed by atoms with Crippen LogP contribution in [0.25, 0.3) is 11.4 Å². The number of benzene rings is 1. The minimum absolute atomic E-state index is 0.0587. The molecule has 0 radical (unpaired) electrons. The molecule has 1 aromatic carbocycles. The number of aromatic nitrogens is 3. The zero-order chi connectivity index (χ0) is 17.4. The fourth-order valence-corrected chi connectivity index (χ4v) is 4.15. The maximum atomic E-state index is 10.6. The first-order valence-electron chi connectivity index (χ1n) is 7.02. The van der Waals surface area contributed by atoms with E-state index in [4.69, 9.17) is 10.1 Å². The molecule has 0 saturated heterocycles. The predicted octanol–water partition coefficient (Wildman–Crippen LogP) is 3.23. The minimum atomic E-state index is -0.0587. The molecule has 0 atom stereocenters. The lowest BCUT2D eigenvalue weighted by Crippen LogP contribution is -2.01. The molecule has 0 aliphatic carbocycles. The number of nitrogens with one attached hydrogen (secondary N) is 1. The largest absolute Gasteiger partial charge is 0.494 e. The molecule has 8 heteroatoms. The Kier molecular flexibility index (Phi) is 4.60. The molecule has 0 unspecified atom stereocenters. The van der Waals surface area contributed by atoms with E-state index in [1.807, 2.05) is 12.1 Å². The SMILES string of the molecule is COc1c(Br)cc(Cc2c3nc(=N)nc-3ccn(C)c2O)cc1Br. The van der Waals surface area contributed by atoms with Crippen molar-refractivity contribution in [3.05, 3.63) is 50.1 Å². The van der Waals surface area contributed by atoms with Gasteiger partial charge in [0, 0.05) is 25.2 Å². The summed E-state index contributed by atoms with van der Waals surface area (Å²) in [5, 5.41) is 18.2. The molecule has 0 bridgehead atoms. The van der Waals surface area contributed by atoms with Crippen LogP contribution in [-0.4, -0.2) is 26.8 Å². The molecular formula is C16H14Br2N4O2. The number of aromatic hydroxyl groups is 1. The number of nitrogens with zero attached hydrogens (tertiary/aromatic N) is 3. The Hall–Kier alpha value is -1.93. The van der Waals surface area contributed by atoms with Gasteiger partial charge < -0.3 is 14.4 Å². The van der Waals surface area contributed by atoms with Gasteiger partial charge in [0.2, 0.25) is 5.62 Å². The summed E-state index contributed by atoms with van der Waals surface area (Å²) in [4.78, 5) is 8.26. The van der Waals surface area contributed by atoms with Crippen molar-refractivity contribution < 1.29 is 9.84 Å². The Bertz CT molecular complexity index is 932. The van der Waals surface area contributed by atoms with Gasteiger partial charge in [-0.25, -0.2) is 9.97 Å². The van der Waals surface area contributed by atoms with E-state index in [9.17, 15) is 5.11 Å². The van der Waals surface area contributed by atoms with Gasteiger partial charge >= 0.3 is 0 Å². The van der Waals surface area contributed by atoms with E-state index in [1.165, 1.54) is 0 Å². The Labute approximate surface area is 155 Å². The summed E-state index contributed by atoms with van der Waals surface area (Å²) in [6.07, 6.45) is 2.14. The molecule has 1 aromatic rings. The van der Waals surface area contributed by atoms with Gasteiger partial charge in [-0.2, -0.15) is 0 Å². The van der Waals surface area contributed by atoms with E-state index in [-0.39, 0.29) is 11.5 Å². The van der Waals surface area contributed by atoms with E-state index in [0.717, 1.165) is 14.5 Å². The van der Waals surface area contributed by atoms with Crippen molar-refractivity contribution in [2.75, 3.05) is 7.11 Å². The number of rotatable bonds is 3. The normalized spacial score (nSPS) is 11.0. The van der Waals surface area contributed by atoms with Crippen LogP contribution in [-0.2, 0) is 13.5 Å². The van der Waals surface area contributed by atoms with Gasteiger partial charge in [-0.1, -0.05) is 0 Å². The summed E-state index contributed by atoms with van der Waals surface area (Å²) in [5.74, 6) is 0.798. The number of halogens is 2. The van der Waals surface area contributed by atoms with Crippen molar-refractivity contribution in [2.24, 2.45) is 7.05 Å². The van der Waals surface area contributed by atoms with Gasteiger partial charge in [0.1, 0.15) is 11.4 Å². The van der Waals surface area contributed by atoms with Crippen LogP contribution < -0.4 is 10.4 Å². The van der Waals surface area contributed by atoms with Crippen LogP contribution in [0.5, 0.6) is 11.6 Å². The molecule has 0 aromatic heterocycles. The summed E-state index contributed by atoms with van der Waals surface area (Å²) in [6, 6.07) is 5.60. The molecule has 6 nitrogen and oxygen atoms in total. The summed E-state index contributed by atoms with van der Waals surface area (Å²) in [5.41, 5.74) is 2.62.